The van der Waals surface area contributed by atoms with E-state index in [0.29, 0.717) is 0 Å². The number of nitrogens with zero attached hydrogens (tertiary/aromatic N) is 1. The largest absolute Gasteiger partial charge is 0.256 e. The Morgan fingerprint density at radius 2 is 0.810 bits per heavy atom. The van der Waals surface area contributed by atoms with Crippen molar-refractivity contribution in [3.05, 3.63) is 150 Å². The summed E-state index contributed by atoms with van der Waals surface area (Å²) in [6, 6.07) is 44.1. The molecule has 9 rings (SSSR count). The van der Waals surface area contributed by atoms with Crippen LogP contribution in [0.15, 0.2) is 128 Å². The fourth-order valence-corrected chi connectivity index (χ4v) is 6.78. The van der Waals surface area contributed by atoms with Crippen LogP contribution in [0, 0.1) is 0 Å². The van der Waals surface area contributed by atoms with Crippen LogP contribution < -0.4 is 0 Å². The first-order chi connectivity index (χ1) is 20.8. The molecule has 1 aromatic heterocycles. The molecule has 0 bridgehead atoms. The number of aromatic nitrogens is 1. The van der Waals surface area contributed by atoms with Gasteiger partial charge in [-0.2, -0.15) is 0 Å². The standard InChI is InChI=1S/C41H25N/c1-3-29-14-16-33-12-10-27(36-23-19-31(5-1)38(29)40(33)36)9-7-26-8-21-35(42-25-26)22-18-28-11-13-34-17-15-30-4-2-6-32-20-24-37(28)41(34)39(30)32/h1-25H. The smallest absolute Gasteiger partial charge is 0.0630 e. The van der Waals surface area contributed by atoms with Crippen molar-refractivity contribution in [3.63, 3.8) is 0 Å². The maximum Gasteiger partial charge on any atom is 0.0630 e. The Hall–Kier alpha value is -5.53. The lowest BCUT2D eigenvalue weighted by Crippen LogP contribution is -1.87. The van der Waals surface area contributed by atoms with E-state index >= 15 is 0 Å². The summed E-state index contributed by atoms with van der Waals surface area (Å²) in [6.07, 6.45) is 10.6. The van der Waals surface area contributed by atoms with Crippen LogP contribution in [0.4, 0.5) is 0 Å². The van der Waals surface area contributed by atoms with Gasteiger partial charge < -0.3 is 0 Å². The molecule has 0 spiro atoms. The fraction of sp³-hybridized carbons (Fsp3) is 0. The summed E-state index contributed by atoms with van der Waals surface area (Å²) in [5.41, 5.74) is 4.46. The summed E-state index contributed by atoms with van der Waals surface area (Å²) in [5, 5.41) is 15.7. The van der Waals surface area contributed by atoms with E-state index < -0.39 is 0 Å². The average Bonchev–Trinajstić information content (AvgIpc) is 3.05. The van der Waals surface area contributed by atoms with E-state index in [9.17, 15) is 0 Å². The minimum Gasteiger partial charge on any atom is -0.256 e. The van der Waals surface area contributed by atoms with Gasteiger partial charge in [0.2, 0.25) is 0 Å². The summed E-state index contributed by atoms with van der Waals surface area (Å²) in [7, 11) is 0. The molecule has 0 N–H and O–H groups in total. The molecule has 1 heteroatoms. The van der Waals surface area contributed by atoms with Gasteiger partial charge in [-0.15, -0.1) is 0 Å². The highest BCUT2D eigenvalue weighted by molar-refractivity contribution is 6.25. The third-order valence-electron chi connectivity index (χ3n) is 8.82. The van der Waals surface area contributed by atoms with E-state index in [2.05, 4.69) is 146 Å². The molecule has 0 amide bonds. The van der Waals surface area contributed by atoms with E-state index in [1.165, 1.54) is 75.8 Å². The number of hydrogen-bond donors (Lipinski definition) is 0. The first kappa shape index (κ1) is 23.2. The molecular weight excluding hydrogens is 506 g/mol. The summed E-state index contributed by atoms with van der Waals surface area (Å²) in [5.74, 6) is 0. The molecule has 0 aliphatic carbocycles. The van der Waals surface area contributed by atoms with Gasteiger partial charge in [-0.1, -0.05) is 133 Å². The highest BCUT2D eigenvalue weighted by Gasteiger charge is 2.11. The van der Waals surface area contributed by atoms with Crippen molar-refractivity contribution in [3.8, 4) is 0 Å². The summed E-state index contributed by atoms with van der Waals surface area (Å²) < 4.78 is 0. The van der Waals surface area contributed by atoms with Gasteiger partial charge in [-0.05, 0) is 93.5 Å². The molecule has 9 aromatic rings. The molecule has 0 unspecified atom stereocenters. The maximum atomic E-state index is 4.76. The van der Waals surface area contributed by atoms with Crippen LogP contribution in [0.5, 0.6) is 0 Å². The Morgan fingerprint density at radius 3 is 1.31 bits per heavy atom. The van der Waals surface area contributed by atoms with Gasteiger partial charge in [0.1, 0.15) is 0 Å². The second-order valence-electron chi connectivity index (χ2n) is 11.2. The van der Waals surface area contributed by atoms with Crippen molar-refractivity contribution < 1.29 is 0 Å². The number of rotatable bonds is 4. The van der Waals surface area contributed by atoms with Gasteiger partial charge >= 0.3 is 0 Å². The van der Waals surface area contributed by atoms with E-state index in [-0.39, 0.29) is 0 Å². The predicted octanol–water partition coefficient (Wildman–Crippen LogP) is 11.2. The highest BCUT2D eigenvalue weighted by atomic mass is 14.7. The third kappa shape index (κ3) is 3.54. The zero-order valence-corrected chi connectivity index (χ0v) is 22.9. The summed E-state index contributed by atoms with van der Waals surface area (Å²) in [4.78, 5) is 4.76. The number of pyridine rings is 1. The SMILES string of the molecule is C(=Cc1ccc2ccc3cccc4ccc1c2c34)c1ccc(C=Cc2ccc3ccc4cccc5ccc2c3c45)nc1. The van der Waals surface area contributed by atoms with Crippen LogP contribution in [0.2, 0.25) is 0 Å². The Bertz CT molecular complexity index is 2290. The molecule has 1 nitrogen and oxygen atoms in total. The van der Waals surface area contributed by atoms with E-state index in [1.807, 2.05) is 6.20 Å². The Morgan fingerprint density at radius 1 is 0.357 bits per heavy atom. The molecule has 1 heterocycles. The predicted molar refractivity (Wildman–Crippen MR) is 182 cm³/mol. The van der Waals surface area contributed by atoms with Gasteiger partial charge in [0.15, 0.2) is 0 Å². The zero-order valence-electron chi connectivity index (χ0n) is 22.9. The van der Waals surface area contributed by atoms with Crippen LogP contribution in [0.1, 0.15) is 22.4 Å². The van der Waals surface area contributed by atoms with Crippen LogP contribution in [-0.2, 0) is 0 Å². The van der Waals surface area contributed by atoms with Crippen molar-refractivity contribution in [1.29, 1.82) is 0 Å². The molecule has 8 aromatic carbocycles. The highest BCUT2D eigenvalue weighted by Crippen LogP contribution is 2.38. The number of hydrogen-bond acceptors (Lipinski definition) is 1. The molecule has 42 heavy (non-hydrogen) atoms. The minimum atomic E-state index is 0.945. The summed E-state index contributed by atoms with van der Waals surface area (Å²) >= 11 is 0. The molecular formula is C41H25N. The van der Waals surface area contributed by atoms with Gasteiger partial charge in [0, 0.05) is 6.20 Å². The molecule has 0 aliphatic heterocycles. The van der Waals surface area contributed by atoms with Gasteiger partial charge in [-0.3, -0.25) is 4.98 Å². The lowest BCUT2D eigenvalue weighted by Gasteiger charge is -2.12. The Labute approximate surface area is 243 Å². The van der Waals surface area contributed by atoms with E-state index in [4.69, 9.17) is 4.98 Å². The molecule has 0 saturated heterocycles. The second kappa shape index (κ2) is 8.99. The molecule has 194 valence electrons. The molecule has 0 fully saturated rings. The van der Waals surface area contributed by atoms with Crippen LogP contribution >= 0.6 is 0 Å². The lowest BCUT2D eigenvalue weighted by atomic mass is 9.92. The van der Waals surface area contributed by atoms with Crippen molar-refractivity contribution in [2.75, 3.05) is 0 Å². The third-order valence-corrected chi connectivity index (χ3v) is 8.82. The van der Waals surface area contributed by atoms with Crippen molar-refractivity contribution >= 4 is 88.9 Å². The van der Waals surface area contributed by atoms with Crippen molar-refractivity contribution in [2.24, 2.45) is 0 Å². The van der Waals surface area contributed by atoms with Crippen molar-refractivity contribution in [1.82, 2.24) is 4.98 Å². The molecule has 0 aliphatic rings. The monoisotopic (exact) mass is 531 g/mol. The topological polar surface area (TPSA) is 12.9 Å². The fourth-order valence-electron chi connectivity index (χ4n) is 6.78. The quantitative estimate of drug-likeness (QED) is 0.206. The van der Waals surface area contributed by atoms with Gasteiger partial charge in [0.05, 0.1) is 5.69 Å². The van der Waals surface area contributed by atoms with E-state index in [0.717, 1.165) is 11.3 Å². The van der Waals surface area contributed by atoms with Crippen LogP contribution in [0.3, 0.4) is 0 Å². The molecule has 0 radical (unpaired) electrons. The minimum absolute atomic E-state index is 0.945. The van der Waals surface area contributed by atoms with Crippen LogP contribution in [-0.4, -0.2) is 4.98 Å². The molecule has 0 saturated carbocycles. The zero-order chi connectivity index (χ0) is 27.6. The lowest BCUT2D eigenvalue weighted by molar-refractivity contribution is 1.29. The normalized spacial score (nSPS) is 12.6. The number of benzene rings is 8. The van der Waals surface area contributed by atoms with Crippen LogP contribution in [0.25, 0.3) is 88.9 Å². The second-order valence-corrected chi connectivity index (χ2v) is 11.2. The van der Waals surface area contributed by atoms with Crippen molar-refractivity contribution in [2.45, 2.75) is 0 Å². The maximum absolute atomic E-state index is 4.76. The first-order valence-electron chi connectivity index (χ1n) is 14.5. The Kier molecular flexibility index (Phi) is 4.97. The Balaban J connectivity index is 1.03. The average molecular weight is 532 g/mol. The van der Waals surface area contributed by atoms with Gasteiger partial charge in [0.25, 0.3) is 0 Å². The van der Waals surface area contributed by atoms with Gasteiger partial charge in [-0.25, -0.2) is 0 Å². The summed E-state index contributed by atoms with van der Waals surface area (Å²) in [6.45, 7) is 0. The first-order valence-corrected chi connectivity index (χ1v) is 14.5. The van der Waals surface area contributed by atoms with E-state index in [1.54, 1.807) is 0 Å². The molecule has 0 atom stereocenters.